The topological polar surface area (TPSA) is 25.8 Å². The predicted octanol–water partition coefficient (Wildman–Crippen LogP) is 6.78. The van der Waals surface area contributed by atoms with Gasteiger partial charge < -0.3 is 0 Å². The van der Waals surface area contributed by atoms with Crippen molar-refractivity contribution in [3.63, 3.8) is 0 Å². The summed E-state index contributed by atoms with van der Waals surface area (Å²) in [6.07, 6.45) is 11.7. The first-order valence-corrected chi connectivity index (χ1v) is 10.0. The summed E-state index contributed by atoms with van der Waals surface area (Å²) >= 11 is 1.78. The molecule has 2 heterocycles. The highest BCUT2D eigenvalue weighted by molar-refractivity contribution is 7.12. The lowest BCUT2D eigenvalue weighted by atomic mass is 10.1. The van der Waals surface area contributed by atoms with Crippen LogP contribution >= 0.6 is 11.3 Å². The molecule has 3 aromatic rings. The van der Waals surface area contributed by atoms with E-state index in [1.165, 1.54) is 42.7 Å². The van der Waals surface area contributed by atoms with Crippen LogP contribution in [0.25, 0.3) is 23.5 Å². The molecule has 0 aliphatic carbocycles. The lowest BCUT2D eigenvalue weighted by Crippen LogP contribution is -1.94. The first-order chi connectivity index (χ1) is 13.2. The molecule has 0 fully saturated rings. The van der Waals surface area contributed by atoms with Gasteiger partial charge in [-0.2, -0.15) is 0 Å². The third-order valence-corrected chi connectivity index (χ3v) is 5.34. The molecule has 0 N–H and O–H groups in total. The van der Waals surface area contributed by atoms with Crippen molar-refractivity contribution in [2.45, 2.75) is 39.0 Å². The number of hydrogen-bond acceptors (Lipinski definition) is 3. The van der Waals surface area contributed by atoms with Crippen molar-refractivity contribution in [3.05, 3.63) is 69.7 Å². The minimum absolute atomic E-state index is 0.192. The lowest BCUT2D eigenvalue weighted by molar-refractivity contribution is 0.585. The molecule has 0 amide bonds. The van der Waals surface area contributed by atoms with Gasteiger partial charge in [0.15, 0.2) is 5.82 Å². The van der Waals surface area contributed by atoms with E-state index >= 15 is 0 Å². The molecule has 0 saturated heterocycles. The molecule has 1 aromatic carbocycles. The molecule has 27 heavy (non-hydrogen) atoms. The maximum atomic E-state index is 13.9. The van der Waals surface area contributed by atoms with Crippen molar-refractivity contribution in [2.75, 3.05) is 0 Å². The van der Waals surface area contributed by atoms with Crippen LogP contribution < -0.4 is 0 Å². The summed E-state index contributed by atoms with van der Waals surface area (Å²) < 4.78 is 27.0. The molecule has 140 valence electrons. The maximum Gasteiger partial charge on any atom is 0.162 e. The summed E-state index contributed by atoms with van der Waals surface area (Å²) in [5, 5.41) is 0. The first-order valence-electron chi connectivity index (χ1n) is 9.21. The monoisotopic (exact) mass is 384 g/mol. The number of unbranched alkanes of at least 4 members (excludes halogenated alkanes) is 3. The highest BCUT2D eigenvalue weighted by Gasteiger charge is 2.09. The number of hydrogen-bond donors (Lipinski definition) is 0. The largest absolute Gasteiger partial charge is 0.236 e. The maximum absolute atomic E-state index is 13.9. The molecule has 0 aliphatic heterocycles. The molecule has 0 aliphatic rings. The fourth-order valence-corrected chi connectivity index (χ4v) is 3.74. The van der Waals surface area contributed by atoms with Gasteiger partial charge in [-0.05, 0) is 55.3 Å². The molecule has 0 atom stereocenters. The standard InChI is InChI=1S/C22H22F2N2S/c1-2-3-4-5-6-18-10-11-19(27-18)9-8-17-13-14-25-22(26-17)20-12-7-16(23)15-21(20)24/h7-15H,2-6H2,1H3/b9-8+. The van der Waals surface area contributed by atoms with E-state index in [4.69, 9.17) is 0 Å². The molecule has 0 spiro atoms. The number of aryl methyl sites for hydroxylation is 1. The van der Waals surface area contributed by atoms with Crippen molar-refractivity contribution >= 4 is 23.5 Å². The molecular formula is C22H22F2N2S. The van der Waals surface area contributed by atoms with Crippen molar-refractivity contribution in [3.8, 4) is 11.4 Å². The van der Waals surface area contributed by atoms with Gasteiger partial charge in [0.1, 0.15) is 11.6 Å². The van der Waals surface area contributed by atoms with Crippen LogP contribution in [0.3, 0.4) is 0 Å². The van der Waals surface area contributed by atoms with E-state index in [0.29, 0.717) is 5.69 Å². The van der Waals surface area contributed by atoms with Gasteiger partial charge in [-0.25, -0.2) is 18.7 Å². The number of nitrogens with zero attached hydrogens (tertiary/aromatic N) is 2. The van der Waals surface area contributed by atoms with Crippen LogP contribution in [0, 0.1) is 11.6 Å². The number of benzene rings is 1. The van der Waals surface area contributed by atoms with E-state index in [0.717, 1.165) is 17.4 Å². The van der Waals surface area contributed by atoms with Gasteiger partial charge >= 0.3 is 0 Å². The Kier molecular flexibility index (Phi) is 6.82. The van der Waals surface area contributed by atoms with E-state index in [1.807, 2.05) is 12.2 Å². The zero-order valence-corrected chi connectivity index (χ0v) is 16.1. The van der Waals surface area contributed by atoms with Gasteiger partial charge in [0.2, 0.25) is 0 Å². The summed E-state index contributed by atoms with van der Waals surface area (Å²) in [6, 6.07) is 9.46. The average molecular weight is 384 g/mol. The third-order valence-electron chi connectivity index (χ3n) is 4.23. The summed E-state index contributed by atoms with van der Waals surface area (Å²) in [5.74, 6) is -1.03. The molecule has 0 unspecified atom stereocenters. The molecule has 0 saturated carbocycles. The molecule has 5 heteroatoms. The molecule has 0 radical (unpaired) electrons. The Hall–Kier alpha value is -2.40. The first kappa shape index (κ1) is 19.4. The molecule has 3 rings (SSSR count). The summed E-state index contributed by atoms with van der Waals surface area (Å²) in [7, 11) is 0. The van der Waals surface area contributed by atoms with Crippen molar-refractivity contribution in [1.82, 2.24) is 9.97 Å². The van der Waals surface area contributed by atoms with Crippen LogP contribution in [0.5, 0.6) is 0 Å². The zero-order valence-electron chi connectivity index (χ0n) is 15.3. The van der Waals surface area contributed by atoms with Gasteiger partial charge in [0.05, 0.1) is 11.3 Å². The predicted molar refractivity (Wildman–Crippen MR) is 108 cm³/mol. The van der Waals surface area contributed by atoms with Crippen molar-refractivity contribution < 1.29 is 8.78 Å². The van der Waals surface area contributed by atoms with Crippen molar-refractivity contribution in [1.29, 1.82) is 0 Å². The third kappa shape index (κ3) is 5.54. The summed E-state index contributed by atoms with van der Waals surface area (Å²) in [6.45, 7) is 2.22. The fraction of sp³-hybridized carbons (Fsp3) is 0.273. The van der Waals surface area contributed by atoms with Crippen LogP contribution in [0.2, 0.25) is 0 Å². The second-order valence-electron chi connectivity index (χ2n) is 6.38. The van der Waals surface area contributed by atoms with Gasteiger partial charge in [0.25, 0.3) is 0 Å². The van der Waals surface area contributed by atoms with Crippen LogP contribution in [-0.4, -0.2) is 9.97 Å². The van der Waals surface area contributed by atoms with Crippen LogP contribution in [0.4, 0.5) is 8.78 Å². The number of rotatable bonds is 8. The van der Waals surface area contributed by atoms with Crippen molar-refractivity contribution in [2.24, 2.45) is 0 Å². The normalized spacial score (nSPS) is 11.4. The van der Waals surface area contributed by atoms with E-state index in [-0.39, 0.29) is 11.4 Å². The Bertz CT molecular complexity index is 918. The van der Waals surface area contributed by atoms with Gasteiger partial charge in [-0.3, -0.25) is 0 Å². The smallest absolute Gasteiger partial charge is 0.162 e. The molecular weight excluding hydrogens is 362 g/mol. The highest BCUT2D eigenvalue weighted by Crippen LogP contribution is 2.23. The van der Waals surface area contributed by atoms with Crippen LogP contribution in [0.1, 0.15) is 48.1 Å². The SMILES string of the molecule is CCCCCCc1ccc(/C=C/c2ccnc(-c3ccc(F)cc3F)n2)s1. The average Bonchev–Trinajstić information content (AvgIpc) is 3.12. The van der Waals surface area contributed by atoms with E-state index in [2.05, 4.69) is 29.0 Å². The highest BCUT2D eigenvalue weighted by atomic mass is 32.1. The molecule has 2 nitrogen and oxygen atoms in total. The number of thiophene rings is 1. The minimum atomic E-state index is -0.665. The van der Waals surface area contributed by atoms with Gasteiger partial charge in [-0.1, -0.05) is 26.2 Å². The van der Waals surface area contributed by atoms with E-state index in [1.54, 1.807) is 23.6 Å². The Morgan fingerprint density at radius 2 is 1.89 bits per heavy atom. The molecule has 2 aromatic heterocycles. The zero-order chi connectivity index (χ0) is 19.1. The van der Waals surface area contributed by atoms with E-state index in [9.17, 15) is 8.78 Å². The summed E-state index contributed by atoms with van der Waals surface area (Å²) in [4.78, 5) is 11.0. The Balaban J connectivity index is 1.68. The van der Waals surface area contributed by atoms with E-state index < -0.39 is 11.6 Å². The quantitative estimate of drug-likeness (QED) is 0.400. The number of aromatic nitrogens is 2. The lowest BCUT2D eigenvalue weighted by Gasteiger charge is -2.02. The minimum Gasteiger partial charge on any atom is -0.236 e. The van der Waals surface area contributed by atoms with Crippen LogP contribution in [0.15, 0.2) is 42.6 Å². The fourth-order valence-electron chi connectivity index (χ4n) is 2.78. The Labute approximate surface area is 162 Å². The number of halogens is 2. The second kappa shape index (κ2) is 9.51. The second-order valence-corrected chi connectivity index (χ2v) is 7.58. The summed E-state index contributed by atoms with van der Waals surface area (Å²) in [5.41, 5.74) is 0.874. The van der Waals surface area contributed by atoms with Crippen LogP contribution in [-0.2, 0) is 6.42 Å². The van der Waals surface area contributed by atoms with Gasteiger partial charge in [0, 0.05) is 22.0 Å². The Morgan fingerprint density at radius 3 is 2.70 bits per heavy atom. The Morgan fingerprint density at radius 1 is 1.00 bits per heavy atom. The molecule has 0 bridgehead atoms. The van der Waals surface area contributed by atoms with Gasteiger partial charge in [-0.15, -0.1) is 11.3 Å².